The molecule has 0 saturated carbocycles. The Hall–Kier alpha value is -15.1. The molecule has 0 atom stereocenters. The molecule has 120 heavy (non-hydrogen) atoms. The molecule has 0 fully saturated rings. The molecule has 0 aliphatic heterocycles. The van der Waals surface area contributed by atoms with Crippen molar-refractivity contribution in [3.05, 3.63) is 435 Å². The molecular weight excluding hydrogens is 1450 g/mol. The zero-order valence-electron chi connectivity index (χ0n) is 67.0. The zero-order valence-corrected chi connectivity index (χ0v) is 67.0. The van der Waals surface area contributed by atoms with Gasteiger partial charge in [-0.3, -0.25) is 0 Å². The molecule has 2 aromatic heterocycles. The lowest BCUT2D eigenvalue weighted by atomic mass is 9.81. The lowest BCUT2D eigenvalue weighted by Gasteiger charge is -2.29. The van der Waals surface area contributed by atoms with Gasteiger partial charge in [-0.2, -0.15) is 0 Å². The number of anilines is 6. The number of hydrogen-bond acceptors (Lipinski definition) is 4. The fourth-order valence-electron chi connectivity index (χ4n) is 19.8. The first-order valence-electron chi connectivity index (χ1n) is 41.7. The first-order valence-corrected chi connectivity index (χ1v) is 41.7. The van der Waals surface area contributed by atoms with Gasteiger partial charge in [0.2, 0.25) is 0 Å². The number of fused-ring (bicyclic) bond motifs is 16. The van der Waals surface area contributed by atoms with Crippen molar-refractivity contribution in [3.63, 3.8) is 0 Å². The third-order valence-electron chi connectivity index (χ3n) is 25.9. The Morgan fingerprint density at radius 3 is 1.00 bits per heavy atom. The summed E-state index contributed by atoms with van der Waals surface area (Å²) in [6.45, 7) is 9.50. The number of nitrogens with zero attached hydrogens (tertiary/aromatic N) is 2. The van der Waals surface area contributed by atoms with E-state index in [4.69, 9.17) is 8.83 Å². The predicted octanol–water partition coefficient (Wildman–Crippen LogP) is 32.7. The van der Waals surface area contributed by atoms with Crippen LogP contribution in [-0.2, 0) is 10.8 Å². The smallest absolute Gasteiger partial charge is 0.136 e. The highest BCUT2D eigenvalue weighted by atomic mass is 16.3. The van der Waals surface area contributed by atoms with Gasteiger partial charge in [-0.15, -0.1) is 0 Å². The van der Waals surface area contributed by atoms with Crippen LogP contribution in [0.15, 0.2) is 421 Å². The summed E-state index contributed by atoms with van der Waals surface area (Å²) in [6.07, 6.45) is 0. The van der Waals surface area contributed by atoms with Gasteiger partial charge in [0.25, 0.3) is 0 Å². The van der Waals surface area contributed by atoms with Gasteiger partial charge in [0.15, 0.2) is 0 Å². The molecular formula is C116H80N2O2. The van der Waals surface area contributed by atoms with Crippen LogP contribution in [0.3, 0.4) is 0 Å². The molecule has 0 N–H and O–H groups in total. The minimum atomic E-state index is -0.185. The van der Waals surface area contributed by atoms with Gasteiger partial charge >= 0.3 is 0 Å². The Morgan fingerprint density at radius 2 is 0.483 bits per heavy atom. The molecule has 19 aromatic carbocycles. The monoisotopic (exact) mass is 1530 g/mol. The molecule has 566 valence electrons. The van der Waals surface area contributed by atoms with E-state index < -0.39 is 0 Å². The molecule has 0 bridgehead atoms. The topological polar surface area (TPSA) is 32.8 Å². The van der Waals surface area contributed by atoms with E-state index in [1.807, 2.05) is 24.3 Å². The van der Waals surface area contributed by atoms with E-state index in [0.29, 0.717) is 0 Å². The van der Waals surface area contributed by atoms with E-state index in [9.17, 15) is 0 Å². The van der Waals surface area contributed by atoms with Crippen LogP contribution in [0.25, 0.3) is 177 Å². The summed E-state index contributed by atoms with van der Waals surface area (Å²) in [7, 11) is 0. The molecule has 3 aliphatic carbocycles. The molecule has 0 unspecified atom stereocenters. The van der Waals surface area contributed by atoms with Gasteiger partial charge in [-0.05, 0) is 265 Å². The third-order valence-corrected chi connectivity index (χ3v) is 25.9. The number of hydrogen-bond donors (Lipinski definition) is 0. The molecule has 4 heteroatoms. The standard InChI is InChI=1S/C61H41NO.C55H39NO/c1-61(2)56-35-41(38-11-4-3-5-12-38)23-30-49(56)50-32-29-45(37-57(50)61)62(43-25-19-39(20-26-43)42-24-31-52-51-15-8-9-18-58(51)63-59(52)36-42)44-27-21-40(22-28-44)46-33-34-55-48-14-7-6-13-47(48)54-17-10-16-53(46)60(54)55;1-55(2)50-33-39(36-13-5-3-6-14-36)23-28-45(50)46-30-27-42(35-51(46)55)56(52-32-31-43(38-15-7-4-8-16-38)44-17-9-10-18-47(44)52)41-25-21-37(22-26-41)40-24-29-49-48-19-11-12-20-53(48)57-54(49)34-40/h3-37H,1-2H3;3-35H,1-2H3. The number of para-hydroxylation sites is 2. The maximum atomic E-state index is 6.28. The SMILES string of the molecule is CC1(C)c2cc(-c3ccccc3)ccc2-c2ccc(N(c3ccc(-c4ccc5c(c4)oc4ccccc45)cc3)c3ccc(-c4ccc5c6c(cccc46)-c4ccccc4-5)cc3)cc21.CC1(C)c2cc(-c3ccccc3)ccc2-c2ccc(N(c3ccc(-c4ccc5c(c4)oc4ccccc45)cc3)c3ccc(-c4ccccc4)c4ccccc34)cc21. The summed E-state index contributed by atoms with van der Waals surface area (Å²) < 4.78 is 12.6. The Labute approximate surface area is 698 Å². The van der Waals surface area contributed by atoms with Gasteiger partial charge in [0.1, 0.15) is 22.3 Å². The second kappa shape index (κ2) is 27.8. The van der Waals surface area contributed by atoms with Gasteiger partial charge in [-0.1, -0.05) is 325 Å². The Balaban J connectivity index is 0.000000141. The average molecular weight is 1530 g/mol. The van der Waals surface area contributed by atoms with E-state index in [-0.39, 0.29) is 10.8 Å². The Morgan fingerprint density at radius 1 is 0.175 bits per heavy atom. The van der Waals surface area contributed by atoms with Gasteiger partial charge in [0, 0.05) is 66.2 Å². The highest BCUT2D eigenvalue weighted by Gasteiger charge is 2.39. The summed E-state index contributed by atoms with van der Waals surface area (Å²) in [5, 5.41) is 9.64. The van der Waals surface area contributed by atoms with Crippen LogP contribution in [0.1, 0.15) is 49.9 Å². The van der Waals surface area contributed by atoms with Crippen molar-refractivity contribution in [2.45, 2.75) is 38.5 Å². The van der Waals surface area contributed by atoms with Crippen LogP contribution in [0.4, 0.5) is 34.1 Å². The van der Waals surface area contributed by atoms with Crippen LogP contribution in [0.2, 0.25) is 0 Å². The van der Waals surface area contributed by atoms with Crippen molar-refractivity contribution in [2.75, 3.05) is 9.80 Å². The molecule has 0 spiro atoms. The summed E-state index contributed by atoms with van der Waals surface area (Å²) in [5.74, 6) is 0. The van der Waals surface area contributed by atoms with Gasteiger partial charge in [0.05, 0.1) is 5.69 Å². The van der Waals surface area contributed by atoms with Crippen molar-refractivity contribution in [1.29, 1.82) is 0 Å². The first-order chi connectivity index (χ1) is 59.0. The van der Waals surface area contributed by atoms with Gasteiger partial charge in [-0.25, -0.2) is 0 Å². The average Bonchev–Trinajstić information content (AvgIpc) is 1.59. The minimum absolute atomic E-state index is 0.185. The van der Waals surface area contributed by atoms with Crippen LogP contribution in [-0.4, -0.2) is 0 Å². The first kappa shape index (κ1) is 70.3. The quantitative estimate of drug-likeness (QED) is 0.122. The third kappa shape index (κ3) is 11.5. The Bertz CT molecular complexity index is 7650. The normalized spacial score (nSPS) is 13.0. The summed E-state index contributed by atoms with van der Waals surface area (Å²) in [4.78, 5) is 4.85. The summed E-state index contributed by atoms with van der Waals surface area (Å²) in [5.41, 5.74) is 40.3. The van der Waals surface area contributed by atoms with Crippen molar-refractivity contribution < 1.29 is 8.83 Å². The molecule has 0 amide bonds. The maximum Gasteiger partial charge on any atom is 0.136 e. The van der Waals surface area contributed by atoms with Crippen molar-refractivity contribution >= 4 is 99.5 Å². The lowest BCUT2D eigenvalue weighted by molar-refractivity contribution is 0.660. The molecule has 0 saturated heterocycles. The van der Waals surface area contributed by atoms with Crippen LogP contribution in [0.5, 0.6) is 0 Å². The van der Waals surface area contributed by atoms with Crippen molar-refractivity contribution in [1.82, 2.24) is 0 Å². The highest BCUT2D eigenvalue weighted by Crippen LogP contribution is 2.56. The molecule has 4 nitrogen and oxygen atoms in total. The van der Waals surface area contributed by atoms with Crippen LogP contribution >= 0.6 is 0 Å². The highest BCUT2D eigenvalue weighted by molar-refractivity contribution is 6.19. The molecule has 3 aliphatic rings. The van der Waals surface area contributed by atoms with Gasteiger partial charge < -0.3 is 18.6 Å². The fraction of sp³-hybridized carbons (Fsp3) is 0.0517. The molecule has 24 rings (SSSR count). The second-order valence-electron chi connectivity index (χ2n) is 33.4. The lowest BCUT2D eigenvalue weighted by Crippen LogP contribution is -2.17. The fourth-order valence-corrected chi connectivity index (χ4v) is 19.8. The zero-order chi connectivity index (χ0) is 79.9. The molecule has 21 aromatic rings. The number of benzene rings is 19. The minimum Gasteiger partial charge on any atom is -0.456 e. The van der Waals surface area contributed by atoms with E-state index in [1.165, 1.54) is 133 Å². The van der Waals surface area contributed by atoms with Crippen molar-refractivity contribution in [3.8, 4) is 111 Å². The summed E-state index contributed by atoms with van der Waals surface area (Å²) in [6, 6.07) is 151. The Kier molecular flexibility index (Phi) is 16.3. The van der Waals surface area contributed by atoms with E-state index in [0.717, 1.165) is 100 Å². The number of rotatable bonds is 12. The second-order valence-corrected chi connectivity index (χ2v) is 33.4. The molecule has 0 radical (unpaired) electrons. The van der Waals surface area contributed by atoms with E-state index in [1.54, 1.807) is 0 Å². The van der Waals surface area contributed by atoms with Crippen LogP contribution < -0.4 is 9.80 Å². The summed E-state index contributed by atoms with van der Waals surface area (Å²) >= 11 is 0. The van der Waals surface area contributed by atoms with E-state index >= 15 is 0 Å². The number of furan rings is 2. The van der Waals surface area contributed by atoms with Crippen molar-refractivity contribution in [2.24, 2.45) is 0 Å². The predicted molar refractivity (Wildman–Crippen MR) is 504 cm³/mol. The maximum absolute atomic E-state index is 6.28. The largest absolute Gasteiger partial charge is 0.456 e. The van der Waals surface area contributed by atoms with E-state index in [2.05, 4.69) is 426 Å². The molecule has 2 heterocycles. The van der Waals surface area contributed by atoms with Crippen LogP contribution in [0, 0.1) is 0 Å².